The highest BCUT2D eigenvalue weighted by atomic mass is 35.5. The number of carbonyl (C=O) groups is 2. The summed E-state index contributed by atoms with van der Waals surface area (Å²) in [5.41, 5.74) is 6.12. The van der Waals surface area contributed by atoms with Crippen LogP contribution in [0.25, 0.3) is 0 Å². The smallest absolute Gasteiger partial charge is 0.261 e. The highest BCUT2D eigenvalue weighted by Gasteiger charge is 2.35. The van der Waals surface area contributed by atoms with Crippen molar-refractivity contribution in [1.29, 1.82) is 0 Å². The fourth-order valence-corrected chi connectivity index (χ4v) is 4.78. The number of fused-ring (bicyclic) bond motifs is 1. The van der Waals surface area contributed by atoms with Gasteiger partial charge in [0.25, 0.3) is 11.8 Å². The minimum absolute atomic E-state index is 0. The fourth-order valence-electron chi connectivity index (χ4n) is 3.42. The monoisotopic (exact) mass is 387 g/mol. The van der Waals surface area contributed by atoms with Crippen LogP contribution in [0, 0.1) is 5.92 Å². The van der Waals surface area contributed by atoms with Crippen LogP contribution in [0.4, 0.5) is 0 Å². The molecule has 9 heteroatoms. The topological polar surface area (TPSA) is 110 Å². The van der Waals surface area contributed by atoms with Crippen molar-refractivity contribution in [2.45, 2.75) is 36.6 Å². The summed E-state index contributed by atoms with van der Waals surface area (Å²) in [6, 6.07) is 3.85. The van der Waals surface area contributed by atoms with Gasteiger partial charge in [-0.25, -0.2) is 13.1 Å². The molecule has 2 amide bonds. The minimum Gasteiger partial charge on any atom is -0.330 e. The average molecular weight is 388 g/mol. The Labute approximate surface area is 153 Å². The normalized spacial score (nSPS) is 23.4. The van der Waals surface area contributed by atoms with Crippen LogP contribution in [0.5, 0.6) is 0 Å². The maximum atomic E-state index is 12.7. The van der Waals surface area contributed by atoms with Crippen LogP contribution in [0.2, 0.25) is 0 Å². The summed E-state index contributed by atoms with van der Waals surface area (Å²) in [5, 5.41) is 0. The molecule has 1 aromatic rings. The van der Waals surface area contributed by atoms with Gasteiger partial charge in [0.05, 0.1) is 16.0 Å². The molecule has 0 saturated heterocycles. The lowest BCUT2D eigenvalue weighted by molar-refractivity contribution is 0.0693. The van der Waals surface area contributed by atoms with Gasteiger partial charge in [-0.05, 0) is 43.5 Å². The van der Waals surface area contributed by atoms with Gasteiger partial charge in [0.15, 0.2) is 0 Å². The van der Waals surface area contributed by atoms with E-state index in [0.717, 1.165) is 30.6 Å². The van der Waals surface area contributed by atoms with Gasteiger partial charge in [-0.2, -0.15) is 0 Å². The first-order chi connectivity index (χ1) is 11.3. The lowest BCUT2D eigenvalue weighted by atomic mass is 9.85. The second-order valence-electron chi connectivity index (χ2n) is 6.38. The molecule has 1 saturated carbocycles. The van der Waals surface area contributed by atoms with Gasteiger partial charge in [-0.15, -0.1) is 12.4 Å². The highest BCUT2D eigenvalue weighted by molar-refractivity contribution is 7.89. The predicted octanol–water partition coefficient (Wildman–Crippen LogP) is 1.13. The fraction of sp³-hybridized carbons (Fsp3) is 0.500. The number of hydrogen-bond donors (Lipinski definition) is 2. The summed E-state index contributed by atoms with van der Waals surface area (Å²) in [6.45, 7) is 0.440. The van der Waals surface area contributed by atoms with Crippen molar-refractivity contribution in [2.24, 2.45) is 11.7 Å². The second kappa shape index (κ2) is 7.41. The van der Waals surface area contributed by atoms with Crippen LogP contribution >= 0.6 is 12.4 Å². The summed E-state index contributed by atoms with van der Waals surface area (Å²) >= 11 is 0. The molecule has 138 valence electrons. The Balaban J connectivity index is 0.00000225. The van der Waals surface area contributed by atoms with Crippen molar-refractivity contribution in [3.63, 3.8) is 0 Å². The Bertz CT molecular complexity index is 797. The van der Waals surface area contributed by atoms with E-state index >= 15 is 0 Å². The molecule has 1 aliphatic carbocycles. The van der Waals surface area contributed by atoms with E-state index in [1.165, 1.54) is 25.2 Å². The molecule has 1 aliphatic heterocycles. The van der Waals surface area contributed by atoms with Crippen molar-refractivity contribution in [2.75, 3.05) is 13.6 Å². The maximum absolute atomic E-state index is 12.7. The molecule has 25 heavy (non-hydrogen) atoms. The second-order valence-corrected chi connectivity index (χ2v) is 8.10. The Kier molecular flexibility index (Phi) is 5.88. The first-order valence-electron chi connectivity index (χ1n) is 8.04. The van der Waals surface area contributed by atoms with Crippen LogP contribution < -0.4 is 10.5 Å². The summed E-state index contributed by atoms with van der Waals surface area (Å²) in [5.74, 6) is -0.774. The third-order valence-corrected chi connectivity index (χ3v) is 6.38. The third-order valence-electron chi connectivity index (χ3n) is 4.89. The first kappa shape index (κ1) is 19.8. The van der Waals surface area contributed by atoms with Gasteiger partial charge in [-0.3, -0.25) is 14.5 Å². The number of nitrogens with zero attached hydrogens (tertiary/aromatic N) is 1. The molecular weight excluding hydrogens is 366 g/mol. The maximum Gasteiger partial charge on any atom is 0.261 e. The SMILES string of the molecule is CN1C(=O)c2ccc(S(=O)(=O)NC3CCCCC3CN)cc2C1=O.Cl. The number of benzene rings is 1. The van der Waals surface area contributed by atoms with Crippen molar-refractivity contribution in [3.8, 4) is 0 Å². The van der Waals surface area contributed by atoms with Crippen LogP contribution in [0.15, 0.2) is 23.1 Å². The molecule has 2 aliphatic rings. The summed E-state index contributed by atoms with van der Waals surface area (Å²) in [7, 11) is -2.39. The number of nitrogens with two attached hydrogens (primary N) is 1. The van der Waals surface area contributed by atoms with Gasteiger partial charge in [0.2, 0.25) is 10.0 Å². The number of nitrogens with one attached hydrogen (secondary N) is 1. The molecule has 0 bridgehead atoms. The molecule has 3 rings (SSSR count). The number of halogens is 1. The lowest BCUT2D eigenvalue weighted by Crippen LogP contribution is -2.44. The zero-order valence-electron chi connectivity index (χ0n) is 13.9. The van der Waals surface area contributed by atoms with Gasteiger partial charge in [0, 0.05) is 13.1 Å². The number of amides is 2. The molecule has 0 radical (unpaired) electrons. The first-order valence-corrected chi connectivity index (χ1v) is 9.52. The summed E-state index contributed by atoms with van der Waals surface area (Å²) < 4.78 is 28.1. The lowest BCUT2D eigenvalue weighted by Gasteiger charge is -2.31. The Morgan fingerprint density at radius 3 is 2.48 bits per heavy atom. The molecule has 2 atom stereocenters. The number of carbonyl (C=O) groups excluding carboxylic acids is 2. The van der Waals surface area contributed by atoms with E-state index in [4.69, 9.17) is 5.73 Å². The molecule has 2 unspecified atom stereocenters. The minimum atomic E-state index is -3.77. The van der Waals surface area contributed by atoms with E-state index in [1.807, 2.05) is 0 Å². The molecule has 7 nitrogen and oxygen atoms in total. The predicted molar refractivity (Wildman–Crippen MR) is 95.2 cm³/mol. The van der Waals surface area contributed by atoms with Gasteiger partial charge < -0.3 is 5.73 Å². The summed E-state index contributed by atoms with van der Waals surface area (Å²) in [4.78, 5) is 24.9. The van der Waals surface area contributed by atoms with Gasteiger partial charge in [0.1, 0.15) is 0 Å². The molecular formula is C16H22ClN3O4S. The number of sulfonamides is 1. The Morgan fingerprint density at radius 2 is 1.80 bits per heavy atom. The van der Waals surface area contributed by atoms with Crippen molar-refractivity contribution >= 4 is 34.2 Å². The van der Waals surface area contributed by atoms with E-state index in [9.17, 15) is 18.0 Å². The molecule has 1 heterocycles. The largest absolute Gasteiger partial charge is 0.330 e. The molecule has 1 aromatic carbocycles. The number of rotatable bonds is 4. The number of hydrogen-bond acceptors (Lipinski definition) is 5. The number of imide groups is 1. The van der Waals surface area contributed by atoms with E-state index in [2.05, 4.69) is 4.72 Å². The standard InChI is InChI=1S/C16H21N3O4S.ClH/c1-19-15(20)12-7-6-11(8-13(12)16(19)21)24(22,23)18-14-5-3-2-4-10(14)9-17;/h6-8,10,14,18H,2-5,9,17H2,1H3;1H. The van der Waals surface area contributed by atoms with E-state index in [1.54, 1.807) is 0 Å². The summed E-state index contributed by atoms with van der Waals surface area (Å²) in [6.07, 6.45) is 3.69. The Morgan fingerprint density at radius 1 is 1.16 bits per heavy atom. The van der Waals surface area contributed by atoms with Crippen LogP contribution in [-0.4, -0.2) is 44.8 Å². The van der Waals surface area contributed by atoms with Crippen molar-refractivity contribution in [3.05, 3.63) is 29.3 Å². The molecule has 1 fully saturated rings. The van der Waals surface area contributed by atoms with Gasteiger partial charge >= 0.3 is 0 Å². The average Bonchev–Trinajstić information content (AvgIpc) is 2.79. The molecule has 0 aromatic heterocycles. The molecule has 3 N–H and O–H groups in total. The van der Waals surface area contributed by atoms with E-state index in [-0.39, 0.29) is 40.4 Å². The van der Waals surface area contributed by atoms with Crippen LogP contribution in [0.3, 0.4) is 0 Å². The quantitative estimate of drug-likeness (QED) is 0.752. The molecule has 0 spiro atoms. The van der Waals surface area contributed by atoms with Crippen LogP contribution in [-0.2, 0) is 10.0 Å². The van der Waals surface area contributed by atoms with Crippen molar-refractivity contribution < 1.29 is 18.0 Å². The zero-order chi connectivity index (χ0) is 17.5. The highest BCUT2D eigenvalue weighted by Crippen LogP contribution is 2.27. The van der Waals surface area contributed by atoms with E-state index in [0.29, 0.717) is 6.54 Å². The zero-order valence-corrected chi connectivity index (χ0v) is 15.5. The van der Waals surface area contributed by atoms with Crippen molar-refractivity contribution in [1.82, 2.24) is 9.62 Å². The third kappa shape index (κ3) is 3.57. The van der Waals surface area contributed by atoms with Crippen LogP contribution in [0.1, 0.15) is 46.4 Å². The van der Waals surface area contributed by atoms with E-state index < -0.39 is 21.8 Å². The van der Waals surface area contributed by atoms with Gasteiger partial charge in [-0.1, -0.05) is 12.8 Å². The Hall–Kier alpha value is -1.48.